The fraction of sp³-hybridized carbons (Fsp3) is 0.222. The predicted octanol–water partition coefficient (Wildman–Crippen LogP) is -0.172. The molecule has 0 fully saturated rings. The van der Waals surface area contributed by atoms with Gasteiger partial charge in [-0.25, -0.2) is 4.79 Å². The lowest BCUT2D eigenvalue weighted by Gasteiger charge is -2.21. The standard InChI is InChI=1S/C9H9NO5/c11-7(12)5-9(15,8(13)14)6-1-3-10-4-2-6/h1-4,15H,5H2,(H,11,12)(H,13,14). The normalized spacial score (nSPS) is 14.2. The van der Waals surface area contributed by atoms with Crippen LogP contribution in [0.5, 0.6) is 0 Å². The fourth-order valence-electron chi connectivity index (χ4n) is 1.15. The Morgan fingerprint density at radius 3 is 2.20 bits per heavy atom. The van der Waals surface area contributed by atoms with E-state index in [1.165, 1.54) is 24.5 Å². The van der Waals surface area contributed by atoms with E-state index >= 15 is 0 Å². The summed E-state index contributed by atoms with van der Waals surface area (Å²) in [7, 11) is 0. The van der Waals surface area contributed by atoms with Crippen molar-refractivity contribution in [2.45, 2.75) is 12.0 Å². The SMILES string of the molecule is O=C(O)CC(O)(C(=O)O)c1ccncc1. The fourth-order valence-corrected chi connectivity index (χ4v) is 1.15. The van der Waals surface area contributed by atoms with E-state index in [4.69, 9.17) is 10.2 Å². The van der Waals surface area contributed by atoms with Crippen LogP contribution in [0.4, 0.5) is 0 Å². The number of pyridine rings is 1. The van der Waals surface area contributed by atoms with Crippen LogP contribution in [-0.2, 0) is 15.2 Å². The van der Waals surface area contributed by atoms with Crippen molar-refractivity contribution in [3.8, 4) is 0 Å². The molecule has 0 aliphatic heterocycles. The van der Waals surface area contributed by atoms with Gasteiger partial charge in [0.2, 0.25) is 0 Å². The summed E-state index contributed by atoms with van der Waals surface area (Å²) in [6, 6.07) is 2.52. The van der Waals surface area contributed by atoms with E-state index in [-0.39, 0.29) is 5.56 Å². The van der Waals surface area contributed by atoms with Gasteiger partial charge in [0.25, 0.3) is 0 Å². The zero-order valence-electron chi connectivity index (χ0n) is 7.62. The van der Waals surface area contributed by atoms with Crippen molar-refractivity contribution in [3.63, 3.8) is 0 Å². The maximum atomic E-state index is 10.8. The quantitative estimate of drug-likeness (QED) is 0.638. The summed E-state index contributed by atoms with van der Waals surface area (Å²) in [6.45, 7) is 0. The average Bonchev–Trinajstić information content (AvgIpc) is 2.17. The van der Waals surface area contributed by atoms with Gasteiger partial charge in [0.15, 0.2) is 5.60 Å². The average molecular weight is 211 g/mol. The molecule has 1 aromatic heterocycles. The van der Waals surface area contributed by atoms with Crippen LogP contribution in [0.15, 0.2) is 24.5 Å². The maximum absolute atomic E-state index is 10.8. The summed E-state index contributed by atoms with van der Waals surface area (Å²) in [4.78, 5) is 24.9. The minimum Gasteiger partial charge on any atom is -0.481 e. The van der Waals surface area contributed by atoms with Crippen molar-refractivity contribution in [3.05, 3.63) is 30.1 Å². The van der Waals surface area contributed by atoms with Gasteiger partial charge in [-0.1, -0.05) is 0 Å². The molecule has 6 nitrogen and oxygen atoms in total. The van der Waals surface area contributed by atoms with Gasteiger partial charge in [-0.05, 0) is 17.7 Å². The van der Waals surface area contributed by atoms with Crippen molar-refractivity contribution in [1.29, 1.82) is 0 Å². The molecule has 0 radical (unpaired) electrons. The van der Waals surface area contributed by atoms with Gasteiger partial charge < -0.3 is 15.3 Å². The number of carbonyl (C=O) groups is 2. The van der Waals surface area contributed by atoms with Gasteiger partial charge in [-0.3, -0.25) is 9.78 Å². The molecule has 0 saturated heterocycles. The van der Waals surface area contributed by atoms with E-state index in [1.54, 1.807) is 0 Å². The van der Waals surface area contributed by atoms with Gasteiger partial charge in [-0.15, -0.1) is 0 Å². The number of aliphatic hydroxyl groups is 1. The van der Waals surface area contributed by atoms with Gasteiger partial charge in [0.1, 0.15) is 0 Å². The number of carboxylic acid groups (broad SMARTS) is 2. The highest BCUT2D eigenvalue weighted by Crippen LogP contribution is 2.24. The van der Waals surface area contributed by atoms with Gasteiger partial charge in [0, 0.05) is 12.4 Å². The second-order valence-electron chi connectivity index (χ2n) is 2.97. The summed E-state index contributed by atoms with van der Waals surface area (Å²) in [5.41, 5.74) is -2.41. The minimum atomic E-state index is -2.41. The molecule has 0 spiro atoms. The molecule has 0 aliphatic carbocycles. The van der Waals surface area contributed by atoms with E-state index < -0.39 is 24.0 Å². The molecule has 0 bridgehead atoms. The second kappa shape index (κ2) is 4.05. The summed E-state index contributed by atoms with van der Waals surface area (Å²) in [6.07, 6.45) is 1.67. The van der Waals surface area contributed by atoms with E-state index in [9.17, 15) is 14.7 Å². The van der Waals surface area contributed by atoms with Crippen LogP contribution in [-0.4, -0.2) is 32.2 Å². The third kappa shape index (κ3) is 2.29. The Kier molecular flexibility index (Phi) is 3.01. The van der Waals surface area contributed by atoms with Crippen LogP contribution < -0.4 is 0 Å². The molecule has 0 aromatic carbocycles. The molecule has 1 rings (SSSR count). The summed E-state index contributed by atoms with van der Waals surface area (Å²) in [5.74, 6) is -2.99. The van der Waals surface area contributed by atoms with Crippen LogP contribution in [0, 0.1) is 0 Å². The first-order valence-corrected chi connectivity index (χ1v) is 4.05. The van der Waals surface area contributed by atoms with Crippen molar-refractivity contribution < 1.29 is 24.9 Å². The number of rotatable bonds is 4. The molecule has 3 N–H and O–H groups in total. The molecular weight excluding hydrogens is 202 g/mol. The zero-order valence-corrected chi connectivity index (χ0v) is 7.62. The first-order valence-electron chi connectivity index (χ1n) is 4.05. The highest BCUT2D eigenvalue weighted by Gasteiger charge is 2.40. The first kappa shape index (κ1) is 11.1. The molecule has 0 saturated carbocycles. The van der Waals surface area contributed by atoms with Crippen molar-refractivity contribution >= 4 is 11.9 Å². The number of aliphatic carboxylic acids is 2. The van der Waals surface area contributed by atoms with E-state index in [0.29, 0.717) is 0 Å². The summed E-state index contributed by atoms with van der Waals surface area (Å²) >= 11 is 0. The Morgan fingerprint density at radius 1 is 1.27 bits per heavy atom. The topological polar surface area (TPSA) is 108 Å². The third-order valence-corrected chi connectivity index (χ3v) is 1.92. The Morgan fingerprint density at radius 2 is 1.80 bits per heavy atom. The number of hydrogen-bond donors (Lipinski definition) is 3. The van der Waals surface area contributed by atoms with Crippen molar-refractivity contribution in [2.75, 3.05) is 0 Å². The number of aromatic nitrogens is 1. The minimum absolute atomic E-state index is 0.00704. The van der Waals surface area contributed by atoms with E-state index in [2.05, 4.69) is 4.98 Å². The lowest BCUT2D eigenvalue weighted by molar-refractivity contribution is -0.166. The molecular formula is C9H9NO5. The highest BCUT2D eigenvalue weighted by molar-refractivity contribution is 5.85. The number of hydrogen-bond acceptors (Lipinski definition) is 4. The van der Waals surface area contributed by atoms with Gasteiger partial charge in [0.05, 0.1) is 6.42 Å². The lowest BCUT2D eigenvalue weighted by Crippen LogP contribution is -2.37. The molecule has 1 atom stereocenters. The molecule has 6 heteroatoms. The third-order valence-electron chi connectivity index (χ3n) is 1.92. The first-order chi connectivity index (χ1) is 6.97. The van der Waals surface area contributed by atoms with Gasteiger partial charge in [-0.2, -0.15) is 0 Å². The molecule has 0 aliphatic rings. The number of carboxylic acids is 2. The Labute approximate surface area is 84.8 Å². The highest BCUT2D eigenvalue weighted by atomic mass is 16.4. The lowest BCUT2D eigenvalue weighted by atomic mass is 9.91. The van der Waals surface area contributed by atoms with Crippen LogP contribution in [0.25, 0.3) is 0 Å². The molecule has 15 heavy (non-hydrogen) atoms. The van der Waals surface area contributed by atoms with E-state index in [1.807, 2.05) is 0 Å². The molecule has 1 unspecified atom stereocenters. The van der Waals surface area contributed by atoms with Crippen LogP contribution in [0.3, 0.4) is 0 Å². The van der Waals surface area contributed by atoms with Gasteiger partial charge >= 0.3 is 11.9 Å². The van der Waals surface area contributed by atoms with Crippen molar-refractivity contribution in [2.24, 2.45) is 0 Å². The molecule has 1 aromatic rings. The Hall–Kier alpha value is -1.95. The molecule has 80 valence electrons. The Balaban J connectivity index is 3.13. The predicted molar refractivity (Wildman–Crippen MR) is 48.0 cm³/mol. The second-order valence-corrected chi connectivity index (χ2v) is 2.97. The smallest absolute Gasteiger partial charge is 0.341 e. The van der Waals surface area contributed by atoms with E-state index in [0.717, 1.165) is 0 Å². The zero-order chi connectivity index (χ0) is 11.5. The Bertz CT molecular complexity index is 377. The molecule has 0 amide bonds. The summed E-state index contributed by atoms with van der Waals surface area (Å²) in [5, 5.41) is 27.0. The van der Waals surface area contributed by atoms with Crippen LogP contribution in [0.1, 0.15) is 12.0 Å². The number of nitrogens with zero attached hydrogens (tertiary/aromatic N) is 1. The molecule has 1 heterocycles. The largest absolute Gasteiger partial charge is 0.481 e. The van der Waals surface area contributed by atoms with Crippen molar-refractivity contribution in [1.82, 2.24) is 4.98 Å². The summed E-state index contributed by atoms with van der Waals surface area (Å²) < 4.78 is 0. The van der Waals surface area contributed by atoms with Crippen LogP contribution >= 0.6 is 0 Å². The van der Waals surface area contributed by atoms with Crippen LogP contribution in [0.2, 0.25) is 0 Å². The maximum Gasteiger partial charge on any atom is 0.341 e. The monoisotopic (exact) mass is 211 g/mol.